The molecular formula is C12H15BrO. The summed E-state index contributed by atoms with van der Waals surface area (Å²) >= 11 is 3.75. The molecule has 0 aromatic carbocycles. The van der Waals surface area contributed by atoms with Crippen molar-refractivity contribution in [3.63, 3.8) is 0 Å². The van der Waals surface area contributed by atoms with Gasteiger partial charge in [-0.2, -0.15) is 0 Å². The molecule has 4 atom stereocenters. The lowest BCUT2D eigenvalue weighted by molar-refractivity contribution is 0.252. The largest absolute Gasteiger partial charge is 0.384 e. The summed E-state index contributed by atoms with van der Waals surface area (Å²) in [7, 11) is 0. The predicted molar refractivity (Wildman–Crippen MR) is 61.0 cm³/mol. The van der Waals surface area contributed by atoms with Crippen molar-refractivity contribution >= 4 is 15.9 Å². The Morgan fingerprint density at radius 3 is 2.79 bits per heavy atom. The Bertz CT molecular complexity index is 338. The molecule has 2 heteroatoms. The van der Waals surface area contributed by atoms with E-state index in [1.165, 1.54) is 6.42 Å². The van der Waals surface area contributed by atoms with Crippen LogP contribution in [0.1, 0.15) is 20.3 Å². The van der Waals surface area contributed by atoms with Crippen LogP contribution in [0.3, 0.4) is 0 Å². The van der Waals surface area contributed by atoms with Crippen LogP contribution in [0.4, 0.5) is 0 Å². The van der Waals surface area contributed by atoms with Crippen LogP contribution in [-0.4, -0.2) is 16.5 Å². The van der Waals surface area contributed by atoms with E-state index in [9.17, 15) is 0 Å². The SMILES string of the molecule is C[C@]12C=C[C@H](C1)[C@@H](Br)[C@@]2(C)C#CCO. The second-order valence-electron chi connectivity index (χ2n) is 4.71. The molecule has 2 aliphatic rings. The Morgan fingerprint density at radius 1 is 1.57 bits per heavy atom. The molecule has 76 valence electrons. The molecule has 0 radical (unpaired) electrons. The van der Waals surface area contributed by atoms with Gasteiger partial charge in [0.05, 0.1) is 5.41 Å². The fourth-order valence-electron chi connectivity index (χ4n) is 2.73. The standard InChI is InChI=1S/C12H15BrO/c1-11-6-4-9(8-11)10(13)12(11,2)5-3-7-14/h4,6,9-10,14H,7-8H2,1-2H3/t9-,10-,11+,12-/m1/s1. The lowest BCUT2D eigenvalue weighted by Gasteiger charge is -2.38. The van der Waals surface area contributed by atoms with Crippen molar-refractivity contribution in [3.8, 4) is 11.8 Å². The topological polar surface area (TPSA) is 20.2 Å². The third-order valence-corrected chi connectivity index (χ3v) is 5.51. The van der Waals surface area contributed by atoms with E-state index < -0.39 is 0 Å². The summed E-state index contributed by atoms with van der Waals surface area (Å²) in [4.78, 5) is 0.420. The van der Waals surface area contributed by atoms with Crippen molar-refractivity contribution in [2.75, 3.05) is 6.61 Å². The zero-order valence-electron chi connectivity index (χ0n) is 8.55. The molecule has 0 spiro atoms. The smallest absolute Gasteiger partial charge is 0.104 e. The first-order chi connectivity index (χ1) is 6.53. The Labute approximate surface area is 93.7 Å². The molecule has 1 nitrogen and oxygen atoms in total. The molecule has 0 amide bonds. The number of allylic oxidation sites excluding steroid dienone is 2. The quantitative estimate of drug-likeness (QED) is 0.400. The fourth-order valence-corrected chi connectivity index (χ4v) is 3.73. The molecule has 0 heterocycles. The number of hydrogen-bond donors (Lipinski definition) is 1. The first-order valence-electron chi connectivity index (χ1n) is 4.98. The highest BCUT2D eigenvalue weighted by atomic mass is 79.9. The Balaban J connectivity index is 2.40. The van der Waals surface area contributed by atoms with Gasteiger partial charge in [0.2, 0.25) is 0 Å². The van der Waals surface area contributed by atoms with Gasteiger partial charge in [-0.25, -0.2) is 0 Å². The molecular weight excluding hydrogens is 240 g/mol. The monoisotopic (exact) mass is 254 g/mol. The molecule has 1 saturated carbocycles. The maximum Gasteiger partial charge on any atom is 0.104 e. The summed E-state index contributed by atoms with van der Waals surface area (Å²) in [6, 6.07) is 0. The van der Waals surface area contributed by atoms with Gasteiger partial charge in [0, 0.05) is 10.2 Å². The maximum atomic E-state index is 8.77. The summed E-state index contributed by atoms with van der Waals surface area (Å²) < 4.78 is 0. The van der Waals surface area contributed by atoms with E-state index in [0.717, 1.165) is 0 Å². The first-order valence-corrected chi connectivity index (χ1v) is 5.89. The molecule has 2 aliphatic carbocycles. The number of fused-ring (bicyclic) bond motifs is 2. The lowest BCUT2D eigenvalue weighted by atomic mass is 9.68. The molecule has 1 fully saturated rings. The van der Waals surface area contributed by atoms with Crippen LogP contribution in [0, 0.1) is 28.6 Å². The number of halogens is 1. The van der Waals surface area contributed by atoms with Gasteiger partial charge >= 0.3 is 0 Å². The fraction of sp³-hybridized carbons (Fsp3) is 0.667. The normalized spacial score (nSPS) is 49.1. The number of rotatable bonds is 0. The summed E-state index contributed by atoms with van der Waals surface area (Å²) in [5.41, 5.74) is 0.142. The van der Waals surface area contributed by atoms with Crippen molar-refractivity contribution in [2.24, 2.45) is 16.7 Å². The first kappa shape index (κ1) is 10.3. The van der Waals surface area contributed by atoms with Gasteiger partial charge in [-0.3, -0.25) is 0 Å². The van der Waals surface area contributed by atoms with Gasteiger partial charge in [0.25, 0.3) is 0 Å². The van der Waals surface area contributed by atoms with Crippen LogP contribution in [-0.2, 0) is 0 Å². The molecule has 1 N–H and O–H groups in total. The third-order valence-electron chi connectivity index (χ3n) is 3.91. The van der Waals surface area contributed by atoms with Gasteiger partial charge in [0.15, 0.2) is 0 Å². The lowest BCUT2D eigenvalue weighted by Crippen LogP contribution is -2.37. The molecule has 14 heavy (non-hydrogen) atoms. The summed E-state index contributed by atoms with van der Waals surface area (Å²) in [6.07, 6.45) is 5.77. The van der Waals surface area contributed by atoms with E-state index in [2.05, 4.69) is 53.8 Å². The minimum atomic E-state index is -0.0419. The summed E-state index contributed by atoms with van der Waals surface area (Å²) in [5, 5.41) is 8.77. The molecule has 0 aliphatic heterocycles. The number of aliphatic hydroxyl groups excluding tert-OH is 1. The van der Waals surface area contributed by atoms with Crippen LogP contribution in [0.15, 0.2) is 12.2 Å². The second kappa shape index (κ2) is 3.12. The van der Waals surface area contributed by atoms with Crippen molar-refractivity contribution in [1.82, 2.24) is 0 Å². The third kappa shape index (κ3) is 1.12. The second-order valence-corrected chi connectivity index (χ2v) is 5.70. The average Bonchev–Trinajstić information content (AvgIpc) is 2.63. The highest BCUT2D eigenvalue weighted by Gasteiger charge is 2.58. The molecule has 2 rings (SSSR count). The Morgan fingerprint density at radius 2 is 2.29 bits per heavy atom. The van der Waals surface area contributed by atoms with Crippen LogP contribution in [0.25, 0.3) is 0 Å². The van der Waals surface area contributed by atoms with Gasteiger partial charge in [0.1, 0.15) is 6.61 Å². The number of aliphatic hydroxyl groups is 1. The van der Waals surface area contributed by atoms with E-state index in [0.29, 0.717) is 10.7 Å². The van der Waals surface area contributed by atoms with Gasteiger partial charge in [-0.15, -0.1) is 0 Å². The van der Waals surface area contributed by atoms with Crippen LogP contribution in [0.2, 0.25) is 0 Å². The summed E-state index contributed by atoms with van der Waals surface area (Å²) in [5.74, 6) is 6.65. The zero-order chi connectivity index (χ0) is 10.4. The van der Waals surface area contributed by atoms with E-state index in [1.54, 1.807) is 0 Å². The van der Waals surface area contributed by atoms with E-state index >= 15 is 0 Å². The Kier molecular flexibility index (Phi) is 2.28. The van der Waals surface area contributed by atoms with E-state index in [1.807, 2.05) is 0 Å². The van der Waals surface area contributed by atoms with Crippen molar-refractivity contribution < 1.29 is 5.11 Å². The molecule has 0 unspecified atom stereocenters. The van der Waals surface area contributed by atoms with Gasteiger partial charge in [-0.05, 0) is 19.3 Å². The number of hydrogen-bond acceptors (Lipinski definition) is 1. The molecule has 0 saturated heterocycles. The average molecular weight is 255 g/mol. The van der Waals surface area contributed by atoms with Crippen LogP contribution >= 0.6 is 15.9 Å². The molecule has 0 aromatic rings. The highest BCUT2D eigenvalue weighted by Crippen LogP contribution is 2.62. The van der Waals surface area contributed by atoms with E-state index in [4.69, 9.17) is 5.11 Å². The maximum absolute atomic E-state index is 8.77. The minimum Gasteiger partial charge on any atom is -0.384 e. The van der Waals surface area contributed by atoms with E-state index in [-0.39, 0.29) is 17.4 Å². The summed E-state index contributed by atoms with van der Waals surface area (Å²) in [6.45, 7) is 4.41. The predicted octanol–water partition coefficient (Wildman–Crippen LogP) is 2.35. The number of alkyl halides is 1. The Hall–Kier alpha value is -0.260. The highest BCUT2D eigenvalue weighted by molar-refractivity contribution is 9.09. The van der Waals surface area contributed by atoms with Crippen molar-refractivity contribution in [1.29, 1.82) is 0 Å². The van der Waals surface area contributed by atoms with Gasteiger partial charge in [-0.1, -0.05) is 46.8 Å². The molecule has 2 bridgehead atoms. The minimum absolute atomic E-state index is 0.0326. The van der Waals surface area contributed by atoms with Crippen LogP contribution in [0.5, 0.6) is 0 Å². The van der Waals surface area contributed by atoms with Gasteiger partial charge < -0.3 is 5.11 Å². The molecule has 0 aromatic heterocycles. The van der Waals surface area contributed by atoms with Crippen LogP contribution < -0.4 is 0 Å². The zero-order valence-corrected chi connectivity index (χ0v) is 10.1. The van der Waals surface area contributed by atoms with Crippen molar-refractivity contribution in [3.05, 3.63) is 12.2 Å². The van der Waals surface area contributed by atoms with Crippen molar-refractivity contribution in [2.45, 2.75) is 25.1 Å².